The minimum atomic E-state index is -3.05. The maximum atomic E-state index is 12.9. The van der Waals surface area contributed by atoms with Crippen molar-refractivity contribution in [2.45, 2.75) is 13.0 Å². The number of ether oxygens (including phenoxy) is 1. The first-order valence-electron chi connectivity index (χ1n) is 3.60. The average molecular weight is 202 g/mol. The van der Waals surface area contributed by atoms with Crippen LogP contribution in [0, 0.1) is 17.3 Å². The highest BCUT2D eigenvalue weighted by atomic mass is 19.3. The van der Waals surface area contributed by atoms with Crippen LogP contribution < -0.4 is 4.74 Å². The Morgan fingerprint density at radius 2 is 2.29 bits per heavy atom. The maximum absolute atomic E-state index is 12.9. The van der Waals surface area contributed by atoms with Crippen LogP contribution in [0.4, 0.5) is 13.2 Å². The fraction of sp³-hybridized carbons (Fsp3) is 0.250. The van der Waals surface area contributed by atoms with Crippen LogP contribution in [-0.2, 0) is 6.42 Å². The molecule has 3 nitrogen and oxygen atoms in total. The number of rotatable bonds is 3. The molecule has 6 heteroatoms. The van der Waals surface area contributed by atoms with Crippen molar-refractivity contribution in [1.29, 1.82) is 5.26 Å². The van der Waals surface area contributed by atoms with Crippen LogP contribution in [-0.4, -0.2) is 11.6 Å². The molecule has 0 aliphatic heterocycles. The van der Waals surface area contributed by atoms with Crippen LogP contribution in [0.5, 0.6) is 5.75 Å². The van der Waals surface area contributed by atoms with Crippen LogP contribution >= 0.6 is 0 Å². The van der Waals surface area contributed by atoms with E-state index in [0.29, 0.717) is 0 Å². The molecular formula is C8H5F3N2O. The van der Waals surface area contributed by atoms with Gasteiger partial charge < -0.3 is 4.74 Å². The summed E-state index contributed by atoms with van der Waals surface area (Å²) < 4.78 is 40.6. The first-order valence-corrected chi connectivity index (χ1v) is 3.60. The van der Waals surface area contributed by atoms with E-state index in [1.54, 1.807) is 6.07 Å². The largest absolute Gasteiger partial charge is 0.434 e. The maximum Gasteiger partial charge on any atom is 0.387 e. The number of nitriles is 1. The van der Waals surface area contributed by atoms with E-state index >= 15 is 0 Å². The van der Waals surface area contributed by atoms with Gasteiger partial charge in [0.1, 0.15) is 5.75 Å². The summed E-state index contributed by atoms with van der Waals surface area (Å²) in [6.45, 7) is -3.05. The normalized spacial score (nSPS) is 9.93. The molecule has 0 saturated heterocycles. The lowest BCUT2D eigenvalue weighted by Gasteiger charge is -2.07. The van der Waals surface area contributed by atoms with Gasteiger partial charge in [0.15, 0.2) is 0 Å². The molecular weight excluding hydrogens is 197 g/mol. The van der Waals surface area contributed by atoms with Crippen molar-refractivity contribution < 1.29 is 17.9 Å². The Hall–Kier alpha value is -1.77. The summed E-state index contributed by atoms with van der Waals surface area (Å²) in [5, 5.41) is 8.32. The molecule has 0 atom stereocenters. The molecule has 0 fully saturated rings. The van der Waals surface area contributed by atoms with Gasteiger partial charge in [-0.25, -0.2) is 4.98 Å². The quantitative estimate of drug-likeness (QED) is 0.703. The van der Waals surface area contributed by atoms with Gasteiger partial charge in [-0.15, -0.1) is 0 Å². The summed E-state index contributed by atoms with van der Waals surface area (Å²) in [4.78, 5) is 3.22. The van der Waals surface area contributed by atoms with Crippen molar-refractivity contribution in [2.24, 2.45) is 0 Å². The second-order valence-corrected chi connectivity index (χ2v) is 2.29. The monoisotopic (exact) mass is 202 g/mol. The Balaban J connectivity index is 3.02. The Morgan fingerprint density at radius 3 is 2.86 bits per heavy atom. The summed E-state index contributed by atoms with van der Waals surface area (Å²) in [5.41, 5.74) is -0.254. The van der Waals surface area contributed by atoms with Crippen molar-refractivity contribution in [1.82, 2.24) is 4.98 Å². The third kappa shape index (κ3) is 2.36. The summed E-state index contributed by atoms with van der Waals surface area (Å²) in [5.74, 6) is -1.32. The predicted octanol–water partition coefficient (Wildman–Crippen LogP) is 1.89. The molecule has 0 amide bonds. The summed E-state index contributed by atoms with van der Waals surface area (Å²) in [6.07, 6.45) is 0.635. The highest BCUT2D eigenvalue weighted by Gasteiger charge is 2.13. The minimum absolute atomic E-state index is 0.254. The van der Waals surface area contributed by atoms with Gasteiger partial charge in [0, 0.05) is 6.20 Å². The molecule has 1 aromatic rings. The minimum Gasteiger partial charge on any atom is -0.434 e. The SMILES string of the molecule is N#CCc1c(OC(F)F)ccnc1F. The van der Waals surface area contributed by atoms with Gasteiger partial charge in [-0.05, 0) is 6.07 Å². The second kappa shape index (κ2) is 4.46. The molecule has 1 aromatic heterocycles. The van der Waals surface area contributed by atoms with Crippen molar-refractivity contribution in [3.63, 3.8) is 0 Å². The summed E-state index contributed by atoms with van der Waals surface area (Å²) in [7, 11) is 0. The predicted molar refractivity (Wildman–Crippen MR) is 40.1 cm³/mol. The number of hydrogen-bond donors (Lipinski definition) is 0. The van der Waals surface area contributed by atoms with Crippen LogP contribution in [0.2, 0.25) is 0 Å². The number of nitrogens with zero attached hydrogens (tertiary/aromatic N) is 2. The molecule has 0 bridgehead atoms. The van der Waals surface area contributed by atoms with Crippen LogP contribution in [0.25, 0.3) is 0 Å². The lowest BCUT2D eigenvalue weighted by Crippen LogP contribution is -2.06. The van der Waals surface area contributed by atoms with E-state index in [9.17, 15) is 13.2 Å². The van der Waals surface area contributed by atoms with Gasteiger partial charge in [-0.1, -0.05) is 0 Å². The third-order valence-electron chi connectivity index (χ3n) is 1.43. The van der Waals surface area contributed by atoms with Crippen molar-refractivity contribution >= 4 is 0 Å². The molecule has 0 aromatic carbocycles. The number of aromatic nitrogens is 1. The first kappa shape index (κ1) is 10.3. The zero-order chi connectivity index (χ0) is 10.6. The second-order valence-electron chi connectivity index (χ2n) is 2.29. The summed E-state index contributed by atoms with van der Waals surface area (Å²) >= 11 is 0. The molecule has 0 N–H and O–H groups in total. The molecule has 0 spiro atoms. The van der Waals surface area contributed by atoms with E-state index in [-0.39, 0.29) is 17.7 Å². The lowest BCUT2D eigenvalue weighted by molar-refractivity contribution is -0.0506. The molecule has 0 saturated carbocycles. The van der Waals surface area contributed by atoms with Crippen LogP contribution in [0.3, 0.4) is 0 Å². The van der Waals surface area contributed by atoms with Crippen molar-refractivity contribution in [2.75, 3.05) is 0 Å². The molecule has 1 rings (SSSR count). The number of halogens is 3. The Kier molecular flexibility index (Phi) is 3.29. The molecule has 1 heterocycles. The molecule has 0 aliphatic rings. The Morgan fingerprint density at radius 1 is 1.57 bits per heavy atom. The smallest absolute Gasteiger partial charge is 0.387 e. The highest BCUT2D eigenvalue weighted by molar-refractivity contribution is 5.33. The van der Waals surface area contributed by atoms with E-state index in [1.165, 1.54) is 0 Å². The molecule has 14 heavy (non-hydrogen) atoms. The van der Waals surface area contributed by atoms with Crippen LogP contribution in [0.15, 0.2) is 12.3 Å². The van der Waals surface area contributed by atoms with Gasteiger partial charge in [0.05, 0.1) is 18.1 Å². The first-order chi connectivity index (χ1) is 6.65. The zero-order valence-electron chi connectivity index (χ0n) is 6.88. The van der Waals surface area contributed by atoms with Gasteiger partial charge in [0.2, 0.25) is 5.95 Å². The van der Waals surface area contributed by atoms with E-state index < -0.39 is 12.6 Å². The van der Waals surface area contributed by atoms with Crippen molar-refractivity contribution in [3.8, 4) is 11.8 Å². The number of alkyl halides is 2. The topological polar surface area (TPSA) is 45.9 Å². The third-order valence-corrected chi connectivity index (χ3v) is 1.43. The standard InChI is InChI=1S/C8H5F3N2O/c9-7-5(1-3-12)6(2-4-13-7)14-8(10)11/h2,4,8H,1H2. The van der Waals surface area contributed by atoms with Gasteiger partial charge in [-0.3, -0.25) is 0 Å². The fourth-order valence-corrected chi connectivity index (χ4v) is 0.896. The van der Waals surface area contributed by atoms with Crippen molar-refractivity contribution in [3.05, 3.63) is 23.8 Å². The zero-order valence-corrected chi connectivity index (χ0v) is 6.88. The van der Waals surface area contributed by atoms with E-state index in [0.717, 1.165) is 12.3 Å². The Bertz CT molecular complexity index is 362. The molecule has 74 valence electrons. The fourth-order valence-electron chi connectivity index (χ4n) is 0.896. The molecule has 0 radical (unpaired) electrons. The van der Waals surface area contributed by atoms with Gasteiger partial charge >= 0.3 is 6.61 Å². The van der Waals surface area contributed by atoms with Crippen LogP contribution in [0.1, 0.15) is 5.56 Å². The van der Waals surface area contributed by atoms with E-state index in [2.05, 4.69) is 9.72 Å². The molecule has 0 aliphatic carbocycles. The van der Waals surface area contributed by atoms with E-state index in [4.69, 9.17) is 5.26 Å². The average Bonchev–Trinajstić information content (AvgIpc) is 2.10. The number of hydrogen-bond acceptors (Lipinski definition) is 3. The number of pyridine rings is 1. The highest BCUT2D eigenvalue weighted by Crippen LogP contribution is 2.21. The van der Waals surface area contributed by atoms with Gasteiger partial charge in [-0.2, -0.15) is 18.4 Å². The summed E-state index contributed by atoms with van der Waals surface area (Å²) in [6, 6.07) is 2.72. The van der Waals surface area contributed by atoms with Gasteiger partial charge in [0.25, 0.3) is 0 Å². The Labute approximate surface area is 77.7 Å². The lowest BCUT2D eigenvalue weighted by atomic mass is 10.2. The van der Waals surface area contributed by atoms with E-state index in [1.807, 2.05) is 0 Å². The molecule has 0 unspecified atom stereocenters.